The summed E-state index contributed by atoms with van der Waals surface area (Å²) in [5.74, 6) is -0.592. The molecule has 0 aliphatic carbocycles. The molecule has 1 aromatic carbocycles. The number of amides is 1. The van der Waals surface area contributed by atoms with Crippen molar-refractivity contribution in [3.8, 4) is 0 Å². The second-order valence-corrected chi connectivity index (χ2v) is 3.33. The molecule has 1 unspecified atom stereocenters. The maximum Gasteiger partial charge on any atom is 0.269 e. The number of nitro groups is 1. The molecule has 17 heavy (non-hydrogen) atoms. The van der Waals surface area contributed by atoms with E-state index >= 15 is 0 Å². The first-order valence-corrected chi connectivity index (χ1v) is 4.84. The van der Waals surface area contributed by atoms with E-state index < -0.39 is 23.5 Å². The molecule has 0 aliphatic rings. The van der Waals surface area contributed by atoms with Gasteiger partial charge in [0.15, 0.2) is 0 Å². The van der Waals surface area contributed by atoms with Crippen molar-refractivity contribution in [1.29, 1.82) is 0 Å². The van der Waals surface area contributed by atoms with E-state index in [4.69, 9.17) is 5.11 Å². The van der Waals surface area contributed by atoms with Crippen LogP contribution < -0.4 is 5.32 Å². The number of carbonyl (C=O) groups is 1. The SMILES string of the molecule is O=C(CO)NCC(O)c1ccc([N+](=O)[O-])cc1. The van der Waals surface area contributed by atoms with E-state index in [0.29, 0.717) is 5.56 Å². The Hall–Kier alpha value is -1.99. The molecule has 0 saturated heterocycles. The summed E-state index contributed by atoms with van der Waals surface area (Å²) in [7, 11) is 0. The van der Waals surface area contributed by atoms with Gasteiger partial charge in [-0.1, -0.05) is 0 Å². The van der Waals surface area contributed by atoms with Crippen LogP contribution in [0, 0.1) is 10.1 Å². The summed E-state index contributed by atoms with van der Waals surface area (Å²) >= 11 is 0. The highest BCUT2D eigenvalue weighted by molar-refractivity contribution is 5.76. The highest BCUT2D eigenvalue weighted by Crippen LogP contribution is 2.17. The number of aliphatic hydroxyl groups excluding tert-OH is 2. The van der Waals surface area contributed by atoms with Crippen LogP contribution in [0.25, 0.3) is 0 Å². The number of hydrogen-bond acceptors (Lipinski definition) is 5. The van der Waals surface area contributed by atoms with Crippen LogP contribution in [0.3, 0.4) is 0 Å². The van der Waals surface area contributed by atoms with Crippen LogP contribution in [-0.4, -0.2) is 34.2 Å². The predicted molar refractivity (Wildman–Crippen MR) is 58.2 cm³/mol. The summed E-state index contributed by atoms with van der Waals surface area (Å²) in [5, 5.41) is 30.8. The Morgan fingerprint density at radius 3 is 2.47 bits per heavy atom. The van der Waals surface area contributed by atoms with E-state index in [1.54, 1.807) is 0 Å². The minimum Gasteiger partial charge on any atom is -0.387 e. The molecular weight excluding hydrogens is 228 g/mol. The van der Waals surface area contributed by atoms with Crippen molar-refractivity contribution in [2.45, 2.75) is 6.10 Å². The smallest absolute Gasteiger partial charge is 0.269 e. The first kappa shape index (κ1) is 13.1. The molecule has 1 atom stereocenters. The summed E-state index contributed by atoms with van der Waals surface area (Å²) in [5.41, 5.74) is 0.384. The Morgan fingerprint density at radius 1 is 1.41 bits per heavy atom. The Kier molecular flexibility index (Phi) is 4.56. The molecule has 0 radical (unpaired) electrons. The maximum atomic E-state index is 10.7. The van der Waals surface area contributed by atoms with Crippen LogP contribution in [0.4, 0.5) is 5.69 Å². The number of aliphatic hydroxyl groups is 2. The fourth-order valence-corrected chi connectivity index (χ4v) is 1.20. The van der Waals surface area contributed by atoms with Crippen LogP contribution >= 0.6 is 0 Å². The van der Waals surface area contributed by atoms with Gasteiger partial charge in [-0.05, 0) is 17.7 Å². The summed E-state index contributed by atoms with van der Waals surface area (Å²) in [6.07, 6.45) is -0.966. The van der Waals surface area contributed by atoms with Crippen LogP contribution in [-0.2, 0) is 4.79 Å². The molecule has 1 aromatic rings. The molecule has 1 amide bonds. The number of nitrogens with one attached hydrogen (secondary N) is 1. The van der Waals surface area contributed by atoms with Gasteiger partial charge in [-0.3, -0.25) is 14.9 Å². The third-order valence-corrected chi connectivity index (χ3v) is 2.12. The fourth-order valence-electron chi connectivity index (χ4n) is 1.20. The Labute approximate surface area is 96.8 Å². The second kappa shape index (κ2) is 5.92. The van der Waals surface area contributed by atoms with E-state index in [0.717, 1.165) is 0 Å². The largest absolute Gasteiger partial charge is 0.387 e. The van der Waals surface area contributed by atoms with Crippen molar-refractivity contribution >= 4 is 11.6 Å². The lowest BCUT2D eigenvalue weighted by Crippen LogP contribution is -2.30. The van der Waals surface area contributed by atoms with Crippen LogP contribution in [0.2, 0.25) is 0 Å². The van der Waals surface area contributed by atoms with E-state index in [-0.39, 0.29) is 12.2 Å². The quantitative estimate of drug-likeness (QED) is 0.484. The van der Waals surface area contributed by atoms with Gasteiger partial charge in [0.2, 0.25) is 5.91 Å². The molecule has 1 rings (SSSR count). The van der Waals surface area contributed by atoms with Crippen LogP contribution in [0.1, 0.15) is 11.7 Å². The molecule has 7 heteroatoms. The van der Waals surface area contributed by atoms with Gasteiger partial charge in [-0.15, -0.1) is 0 Å². The van der Waals surface area contributed by atoms with Gasteiger partial charge in [0.25, 0.3) is 5.69 Å². The van der Waals surface area contributed by atoms with Gasteiger partial charge >= 0.3 is 0 Å². The van der Waals surface area contributed by atoms with Crippen molar-refractivity contribution < 1.29 is 19.9 Å². The summed E-state index contributed by atoms with van der Waals surface area (Å²) in [4.78, 5) is 20.6. The molecule has 0 aromatic heterocycles. The van der Waals surface area contributed by atoms with Crippen molar-refractivity contribution in [2.75, 3.05) is 13.2 Å². The molecular formula is C10H12N2O5. The lowest BCUT2D eigenvalue weighted by Gasteiger charge is -2.11. The number of benzene rings is 1. The topological polar surface area (TPSA) is 113 Å². The number of non-ortho nitro benzene ring substituents is 1. The van der Waals surface area contributed by atoms with Crippen molar-refractivity contribution in [2.24, 2.45) is 0 Å². The second-order valence-electron chi connectivity index (χ2n) is 3.33. The molecule has 92 valence electrons. The number of nitrogens with zero attached hydrogens (tertiary/aromatic N) is 1. The zero-order valence-corrected chi connectivity index (χ0v) is 8.87. The normalized spacial score (nSPS) is 11.9. The Morgan fingerprint density at radius 2 is 2.00 bits per heavy atom. The zero-order chi connectivity index (χ0) is 12.8. The molecule has 0 aliphatic heterocycles. The highest BCUT2D eigenvalue weighted by Gasteiger charge is 2.11. The van der Waals surface area contributed by atoms with Crippen LogP contribution in [0.5, 0.6) is 0 Å². The van der Waals surface area contributed by atoms with E-state index in [1.165, 1.54) is 24.3 Å². The Balaban J connectivity index is 2.60. The van der Waals surface area contributed by atoms with E-state index in [9.17, 15) is 20.0 Å². The number of hydrogen-bond donors (Lipinski definition) is 3. The van der Waals surface area contributed by atoms with Gasteiger partial charge in [0.05, 0.1) is 11.0 Å². The first-order chi connectivity index (χ1) is 8.04. The van der Waals surface area contributed by atoms with Crippen molar-refractivity contribution in [3.05, 3.63) is 39.9 Å². The number of carbonyl (C=O) groups excluding carboxylic acids is 1. The molecule has 7 nitrogen and oxygen atoms in total. The summed E-state index contributed by atoms with van der Waals surface area (Å²) < 4.78 is 0. The van der Waals surface area contributed by atoms with Gasteiger partial charge in [-0.2, -0.15) is 0 Å². The molecule has 3 N–H and O–H groups in total. The summed E-state index contributed by atoms with van der Waals surface area (Å²) in [6.45, 7) is -0.704. The third kappa shape index (κ3) is 3.82. The van der Waals surface area contributed by atoms with Crippen molar-refractivity contribution in [3.63, 3.8) is 0 Å². The van der Waals surface area contributed by atoms with Crippen molar-refractivity contribution in [1.82, 2.24) is 5.32 Å². The maximum absolute atomic E-state index is 10.7. The minimum atomic E-state index is -0.966. The van der Waals surface area contributed by atoms with Gasteiger partial charge in [0, 0.05) is 18.7 Å². The number of nitro benzene ring substituents is 1. The minimum absolute atomic E-state index is 0.0583. The first-order valence-electron chi connectivity index (χ1n) is 4.84. The van der Waals surface area contributed by atoms with E-state index in [2.05, 4.69) is 5.32 Å². The van der Waals surface area contributed by atoms with Crippen LogP contribution in [0.15, 0.2) is 24.3 Å². The van der Waals surface area contributed by atoms with E-state index in [1.807, 2.05) is 0 Å². The molecule has 0 bridgehead atoms. The fraction of sp³-hybridized carbons (Fsp3) is 0.300. The number of rotatable bonds is 5. The lowest BCUT2D eigenvalue weighted by atomic mass is 10.1. The average Bonchev–Trinajstić information content (AvgIpc) is 2.35. The molecule has 0 spiro atoms. The van der Waals surface area contributed by atoms with Gasteiger partial charge in [0.1, 0.15) is 6.61 Å². The molecule has 0 fully saturated rings. The molecule has 0 saturated carbocycles. The molecule has 0 heterocycles. The lowest BCUT2D eigenvalue weighted by molar-refractivity contribution is -0.384. The van der Waals surface area contributed by atoms with Gasteiger partial charge < -0.3 is 15.5 Å². The third-order valence-electron chi connectivity index (χ3n) is 2.12. The monoisotopic (exact) mass is 240 g/mol. The highest BCUT2D eigenvalue weighted by atomic mass is 16.6. The summed E-state index contributed by atoms with van der Waals surface area (Å²) in [6, 6.07) is 5.36. The average molecular weight is 240 g/mol. The Bertz CT molecular complexity index is 404. The zero-order valence-electron chi connectivity index (χ0n) is 8.87. The standard InChI is InChI=1S/C10H12N2O5/c13-6-10(15)11-5-9(14)7-1-3-8(4-2-7)12(16)17/h1-4,9,13-14H,5-6H2,(H,11,15). The van der Waals surface area contributed by atoms with Gasteiger partial charge in [-0.25, -0.2) is 0 Å². The predicted octanol–water partition coefficient (Wildman–Crippen LogP) is -0.263.